The summed E-state index contributed by atoms with van der Waals surface area (Å²) in [6.07, 6.45) is 1.95. The number of hydrogen-bond donors (Lipinski definition) is 1. The minimum absolute atomic E-state index is 0.175. The molecule has 0 bridgehead atoms. The molecular weight excluding hydrogens is 452 g/mol. The molecule has 0 spiro atoms. The number of fused-ring (bicyclic) bond motifs is 1. The molecule has 36 heavy (non-hydrogen) atoms. The first-order chi connectivity index (χ1) is 17.4. The van der Waals surface area contributed by atoms with Crippen LogP contribution in [0.3, 0.4) is 0 Å². The Balaban J connectivity index is 1.57. The number of carbonyl (C=O) groups excluding carboxylic acids is 2. The number of carbonyl (C=O) groups is 2. The van der Waals surface area contributed by atoms with Gasteiger partial charge in [-0.15, -0.1) is 0 Å². The zero-order valence-corrected chi connectivity index (χ0v) is 20.9. The van der Waals surface area contributed by atoms with Gasteiger partial charge in [-0.05, 0) is 47.7 Å². The smallest absolute Gasteiger partial charge is 0.331 e. The summed E-state index contributed by atoms with van der Waals surface area (Å²) >= 11 is 0. The fourth-order valence-corrected chi connectivity index (χ4v) is 4.29. The lowest BCUT2D eigenvalue weighted by Gasteiger charge is -2.16. The number of Topliss-reactive ketones (excluding diaryl/α,β-unsaturated/α-hetero) is 1. The summed E-state index contributed by atoms with van der Waals surface area (Å²) in [6.45, 7) is 7.32. The van der Waals surface area contributed by atoms with Crippen molar-refractivity contribution in [1.82, 2.24) is 4.57 Å². The van der Waals surface area contributed by atoms with Crippen molar-refractivity contribution in [3.63, 3.8) is 0 Å². The van der Waals surface area contributed by atoms with Gasteiger partial charge >= 0.3 is 5.97 Å². The molecule has 6 nitrogen and oxygen atoms in total. The van der Waals surface area contributed by atoms with Crippen molar-refractivity contribution >= 4 is 22.7 Å². The van der Waals surface area contributed by atoms with Crippen LogP contribution in [0.25, 0.3) is 10.9 Å². The lowest BCUT2D eigenvalue weighted by molar-refractivity contribution is -0.143. The number of benzene rings is 3. The number of ketones is 1. The second-order valence-corrected chi connectivity index (χ2v) is 9.08. The Morgan fingerprint density at radius 1 is 0.944 bits per heavy atom. The third kappa shape index (κ3) is 5.50. The van der Waals surface area contributed by atoms with E-state index in [1.807, 2.05) is 48.7 Å². The molecule has 6 heteroatoms. The highest BCUT2D eigenvalue weighted by molar-refractivity contribution is 6.17. The SMILES string of the molecule is CCOC(=O)C(N)C(=O)c1cccc2c1ccn2Cc1ccc(OCc2ccccc2)c(C(C)C)c1. The minimum Gasteiger partial charge on any atom is -0.489 e. The molecule has 1 unspecified atom stereocenters. The maximum absolute atomic E-state index is 12.9. The number of nitrogens with zero attached hydrogens (tertiary/aromatic N) is 1. The largest absolute Gasteiger partial charge is 0.489 e. The van der Waals surface area contributed by atoms with Crippen LogP contribution in [0.4, 0.5) is 0 Å². The van der Waals surface area contributed by atoms with Gasteiger partial charge < -0.3 is 19.8 Å². The third-order valence-electron chi connectivity index (χ3n) is 6.19. The van der Waals surface area contributed by atoms with Crippen molar-refractivity contribution < 1.29 is 19.1 Å². The van der Waals surface area contributed by atoms with Crippen LogP contribution in [0.5, 0.6) is 5.75 Å². The van der Waals surface area contributed by atoms with Gasteiger partial charge in [0.05, 0.1) is 6.61 Å². The Morgan fingerprint density at radius 3 is 2.44 bits per heavy atom. The van der Waals surface area contributed by atoms with E-state index in [9.17, 15) is 9.59 Å². The molecule has 4 rings (SSSR count). The summed E-state index contributed by atoms with van der Waals surface area (Å²) in [5.41, 5.74) is 10.6. The van der Waals surface area contributed by atoms with Crippen LogP contribution in [0.2, 0.25) is 0 Å². The Morgan fingerprint density at radius 2 is 1.72 bits per heavy atom. The van der Waals surface area contributed by atoms with E-state index in [4.69, 9.17) is 15.2 Å². The summed E-state index contributed by atoms with van der Waals surface area (Å²) in [5.74, 6) is 0.0232. The second-order valence-electron chi connectivity index (χ2n) is 9.08. The zero-order chi connectivity index (χ0) is 25.7. The summed E-state index contributed by atoms with van der Waals surface area (Å²) in [7, 11) is 0. The fourth-order valence-electron chi connectivity index (χ4n) is 4.29. The molecule has 0 aliphatic rings. The first kappa shape index (κ1) is 25.2. The van der Waals surface area contributed by atoms with Gasteiger partial charge in [-0.3, -0.25) is 4.79 Å². The molecule has 1 heterocycles. The molecule has 0 saturated heterocycles. The number of aromatic nitrogens is 1. The number of rotatable bonds is 10. The molecule has 0 saturated carbocycles. The van der Waals surface area contributed by atoms with Crippen LogP contribution in [0.1, 0.15) is 53.7 Å². The number of esters is 1. The van der Waals surface area contributed by atoms with E-state index < -0.39 is 17.8 Å². The first-order valence-corrected chi connectivity index (χ1v) is 12.2. The lowest BCUT2D eigenvalue weighted by Crippen LogP contribution is -2.40. The zero-order valence-electron chi connectivity index (χ0n) is 20.9. The predicted octanol–water partition coefficient (Wildman–Crippen LogP) is 5.47. The number of hydrogen-bond acceptors (Lipinski definition) is 5. The monoisotopic (exact) mass is 484 g/mol. The van der Waals surface area contributed by atoms with Crippen LogP contribution >= 0.6 is 0 Å². The maximum Gasteiger partial charge on any atom is 0.331 e. The van der Waals surface area contributed by atoms with Gasteiger partial charge in [0.15, 0.2) is 11.8 Å². The fraction of sp³-hybridized carbons (Fsp3) is 0.267. The van der Waals surface area contributed by atoms with Crippen molar-refractivity contribution in [1.29, 1.82) is 0 Å². The highest BCUT2D eigenvalue weighted by Crippen LogP contribution is 2.30. The second kappa shape index (κ2) is 11.2. The van der Waals surface area contributed by atoms with Crippen molar-refractivity contribution in [2.75, 3.05) is 6.61 Å². The normalized spacial score (nSPS) is 12.0. The average Bonchev–Trinajstić information content (AvgIpc) is 3.30. The van der Waals surface area contributed by atoms with Crippen molar-refractivity contribution in [3.8, 4) is 5.75 Å². The van der Waals surface area contributed by atoms with Crippen LogP contribution in [-0.2, 0) is 22.7 Å². The summed E-state index contributed by atoms with van der Waals surface area (Å²) in [4.78, 5) is 24.9. The average molecular weight is 485 g/mol. The van der Waals surface area contributed by atoms with E-state index in [0.29, 0.717) is 24.6 Å². The Bertz CT molecular complexity index is 1360. The molecule has 186 valence electrons. The molecule has 4 aromatic rings. The van der Waals surface area contributed by atoms with E-state index in [1.54, 1.807) is 13.0 Å². The quantitative estimate of drug-likeness (QED) is 0.183. The van der Waals surface area contributed by atoms with E-state index in [-0.39, 0.29) is 6.61 Å². The lowest BCUT2D eigenvalue weighted by atomic mass is 9.99. The summed E-state index contributed by atoms with van der Waals surface area (Å²) in [5, 5.41) is 0.758. The molecule has 0 fully saturated rings. The van der Waals surface area contributed by atoms with Crippen LogP contribution in [0.15, 0.2) is 79.0 Å². The summed E-state index contributed by atoms with van der Waals surface area (Å²) in [6, 6.07) is 22.4. The predicted molar refractivity (Wildman–Crippen MR) is 141 cm³/mol. The standard InChI is InChI=1S/C30H32N2O4/c1-4-35-30(34)28(31)29(33)24-11-8-12-26-23(24)15-16-32(26)18-22-13-14-27(25(17-22)20(2)3)36-19-21-9-6-5-7-10-21/h5-17,20,28H,4,18-19,31H2,1-3H3. The first-order valence-electron chi connectivity index (χ1n) is 12.2. The molecule has 0 aliphatic heterocycles. The summed E-state index contributed by atoms with van der Waals surface area (Å²) < 4.78 is 13.2. The molecule has 2 N–H and O–H groups in total. The highest BCUT2D eigenvalue weighted by atomic mass is 16.5. The van der Waals surface area contributed by atoms with Crippen LogP contribution < -0.4 is 10.5 Å². The van der Waals surface area contributed by atoms with E-state index in [1.165, 1.54) is 0 Å². The van der Waals surface area contributed by atoms with E-state index >= 15 is 0 Å². The van der Waals surface area contributed by atoms with Gasteiger partial charge in [-0.2, -0.15) is 0 Å². The molecule has 3 aromatic carbocycles. The Labute approximate surface area is 211 Å². The molecule has 0 radical (unpaired) electrons. The maximum atomic E-state index is 12.9. The van der Waals surface area contributed by atoms with Gasteiger partial charge in [-0.1, -0.05) is 68.4 Å². The third-order valence-corrected chi connectivity index (χ3v) is 6.19. The number of nitrogens with two attached hydrogens (primary N) is 1. The van der Waals surface area contributed by atoms with Gasteiger partial charge in [0.25, 0.3) is 0 Å². The molecular formula is C30H32N2O4. The number of ether oxygens (including phenoxy) is 2. The molecule has 0 amide bonds. The van der Waals surface area contributed by atoms with Gasteiger partial charge in [0, 0.05) is 29.2 Å². The highest BCUT2D eigenvalue weighted by Gasteiger charge is 2.26. The van der Waals surface area contributed by atoms with Gasteiger partial charge in [0.1, 0.15) is 12.4 Å². The Kier molecular flexibility index (Phi) is 7.86. The van der Waals surface area contributed by atoms with E-state index in [0.717, 1.165) is 33.3 Å². The topological polar surface area (TPSA) is 83.5 Å². The van der Waals surface area contributed by atoms with Crippen molar-refractivity contribution in [3.05, 3.63) is 101 Å². The van der Waals surface area contributed by atoms with Crippen molar-refractivity contribution in [2.45, 2.75) is 45.9 Å². The molecule has 0 aliphatic carbocycles. The van der Waals surface area contributed by atoms with Crippen LogP contribution in [0, 0.1) is 0 Å². The molecule has 1 atom stereocenters. The Hall–Kier alpha value is -3.90. The van der Waals surface area contributed by atoms with Gasteiger partial charge in [0.2, 0.25) is 0 Å². The van der Waals surface area contributed by atoms with Crippen LogP contribution in [-0.4, -0.2) is 29.0 Å². The van der Waals surface area contributed by atoms with Crippen molar-refractivity contribution in [2.24, 2.45) is 5.73 Å². The minimum atomic E-state index is -1.34. The molecule has 1 aromatic heterocycles. The van der Waals surface area contributed by atoms with Gasteiger partial charge in [-0.25, -0.2) is 4.79 Å². The van der Waals surface area contributed by atoms with E-state index in [2.05, 4.69) is 42.7 Å².